The van der Waals surface area contributed by atoms with Gasteiger partial charge in [0.05, 0.1) is 17.0 Å². The van der Waals surface area contributed by atoms with Crippen LogP contribution in [0.3, 0.4) is 0 Å². The summed E-state index contributed by atoms with van der Waals surface area (Å²) in [6.07, 6.45) is 1.66. The number of thiophene rings is 2. The molecule has 3 amide bonds. The number of amides is 3. The predicted molar refractivity (Wildman–Crippen MR) is 116 cm³/mol. The molecule has 30 heavy (non-hydrogen) atoms. The molecule has 0 saturated carbocycles. The molecule has 0 aromatic carbocycles. The average molecular weight is 448 g/mol. The van der Waals surface area contributed by atoms with Gasteiger partial charge in [0.25, 0.3) is 5.91 Å². The number of allylic oxidation sites excluding steroid dienone is 1. The molecule has 158 valence electrons. The Morgan fingerprint density at radius 2 is 2.00 bits per heavy atom. The second kappa shape index (κ2) is 8.80. The Hall–Kier alpha value is -2.98. The van der Waals surface area contributed by atoms with Gasteiger partial charge in [0.1, 0.15) is 0 Å². The zero-order valence-electron chi connectivity index (χ0n) is 16.6. The van der Waals surface area contributed by atoms with Gasteiger partial charge in [-0.25, -0.2) is 4.79 Å². The quantitative estimate of drug-likeness (QED) is 0.588. The minimum Gasteiger partial charge on any atom is -0.481 e. The summed E-state index contributed by atoms with van der Waals surface area (Å²) in [5.41, 5.74) is 2.74. The highest BCUT2D eigenvalue weighted by molar-refractivity contribution is 7.17. The Morgan fingerprint density at radius 3 is 2.63 bits per heavy atom. The summed E-state index contributed by atoms with van der Waals surface area (Å²) < 4.78 is 0. The van der Waals surface area contributed by atoms with Crippen molar-refractivity contribution in [1.29, 1.82) is 0 Å². The number of hydrogen-bond donors (Lipinski definition) is 3. The number of carboxylic acid groups (broad SMARTS) is 1. The first kappa shape index (κ1) is 21.7. The second-order valence-electron chi connectivity index (χ2n) is 6.88. The smallest absolute Gasteiger partial charge is 0.320 e. The summed E-state index contributed by atoms with van der Waals surface area (Å²) in [4.78, 5) is 51.2. The van der Waals surface area contributed by atoms with Crippen molar-refractivity contribution in [2.45, 2.75) is 32.7 Å². The van der Waals surface area contributed by atoms with E-state index in [9.17, 15) is 19.2 Å². The van der Waals surface area contributed by atoms with Gasteiger partial charge in [-0.05, 0) is 42.7 Å². The van der Waals surface area contributed by atoms with E-state index in [0.717, 1.165) is 20.9 Å². The largest absolute Gasteiger partial charge is 0.481 e. The SMILES string of the molecule is CC1=CC(=O)[C@H](NC(=O)Nc2c(-c3ccsc3)sc(CCC(=O)O)c2C)C(=O)N1C. The fourth-order valence-corrected chi connectivity index (χ4v) is 5.03. The third-order valence-electron chi connectivity index (χ3n) is 4.85. The van der Waals surface area contributed by atoms with Crippen molar-refractivity contribution in [1.82, 2.24) is 10.2 Å². The van der Waals surface area contributed by atoms with E-state index in [2.05, 4.69) is 10.6 Å². The van der Waals surface area contributed by atoms with Crippen LogP contribution in [0.15, 0.2) is 28.6 Å². The number of aliphatic carboxylic acids is 1. The lowest BCUT2D eigenvalue weighted by Crippen LogP contribution is -2.54. The van der Waals surface area contributed by atoms with E-state index in [4.69, 9.17) is 5.11 Å². The highest BCUT2D eigenvalue weighted by atomic mass is 32.1. The molecule has 1 aliphatic rings. The Morgan fingerprint density at radius 1 is 1.27 bits per heavy atom. The van der Waals surface area contributed by atoms with Crippen LogP contribution in [0, 0.1) is 6.92 Å². The van der Waals surface area contributed by atoms with Gasteiger partial charge < -0.3 is 20.6 Å². The monoisotopic (exact) mass is 447 g/mol. The van der Waals surface area contributed by atoms with Crippen LogP contribution in [-0.2, 0) is 20.8 Å². The number of carbonyl (C=O) groups is 4. The summed E-state index contributed by atoms with van der Waals surface area (Å²) in [5, 5.41) is 18.1. The molecule has 0 unspecified atom stereocenters. The molecule has 0 spiro atoms. The van der Waals surface area contributed by atoms with Gasteiger partial charge >= 0.3 is 12.0 Å². The molecule has 0 radical (unpaired) electrons. The normalized spacial score (nSPS) is 16.4. The van der Waals surface area contributed by atoms with Crippen molar-refractivity contribution in [3.63, 3.8) is 0 Å². The molecule has 10 heteroatoms. The lowest BCUT2D eigenvalue weighted by atomic mass is 10.1. The average Bonchev–Trinajstić information content (AvgIpc) is 3.31. The number of aryl methyl sites for hydroxylation is 1. The van der Waals surface area contributed by atoms with Gasteiger partial charge in [0, 0.05) is 29.3 Å². The summed E-state index contributed by atoms with van der Waals surface area (Å²) in [6, 6.07) is -0.0459. The van der Waals surface area contributed by atoms with Crippen molar-refractivity contribution in [3.05, 3.63) is 39.0 Å². The number of anilines is 1. The maximum atomic E-state index is 12.7. The van der Waals surface area contributed by atoms with E-state index in [-0.39, 0.29) is 6.42 Å². The lowest BCUT2D eigenvalue weighted by molar-refractivity contribution is -0.137. The Balaban J connectivity index is 1.84. The summed E-state index contributed by atoms with van der Waals surface area (Å²) in [7, 11) is 1.54. The zero-order chi connectivity index (χ0) is 22.0. The van der Waals surface area contributed by atoms with E-state index in [0.29, 0.717) is 17.8 Å². The first-order valence-electron chi connectivity index (χ1n) is 9.13. The molecule has 1 aliphatic heterocycles. The van der Waals surface area contributed by atoms with E-state index in [1.807, 2.05) is 23.8 Å². The third-order valence-corrected chi connectivity index (χ3v) is 6.93. The zero-order valence-corrected chi connectivity index (χ0v) is 18.3. The number of urea groups is 1. The van der Waals surface area contributed by atoms with E-state index in [1.165, 1.54) is 33.6 Å². The molecule has 2 aromatic rings. The molecular weight excluding hydrogens is 426 g/mol. The van der Waals surface area contributed by atoms with Crippen molar-refractivity contribution in [2.24, 2.45) is 0 Å². The summed E-state index contributed by atoms with van der Waals surface area (Å²) in [6.45, 7) is 3.46. The number of carboxylic acids is 1. The lowest BCUT2D eigenvalue weighted by Gasteiger charge is -2.27. The Kier molecular flexibility index (Phi) is 6.37. The van der Waals surface area contributed by atoms with Crippen LogP contribution in [0.1, 0.15) is 23.8 Å². The van der Waals surface area contributed by atoms with Crippen molar-refractivity contribution >= 4 is 52.1 Å². The van der Waals surface area contributed by atoms with E-state index < -0.39 is 29.7 Å². The van der Waals surface area contributed by atoms with Crippen LogP contribution >= 0.6 is 22.7 Å². The molecule has 0 fully saturated rings. The van der Waals surface area contributed by atoms with Gasteiger partial charge in [0.2, 0.25) is 0 Å². The molecule has 2 aromatic heterocycles. The van der Waals surface area contributed by atoms with Crippen LogP contribution in [0.25, 0.3) is 10.4 Å². The minimum absolute atomic E-state index is 0.0147. The number of ketones is 1. The Bertz CT molecular complexity index is 1040. The standard InChI is InChI=1S/C20H21N3O5S2/c1-10-8-13(24)17(19(27)23(10)3)22-20(28)21-16-11(2)14(4-5-15(25)26)30-18(16)12-6-7-29-9-12/h6-9,17H,4-5H2,1-3H3,(H,25,26)(H2,21,22,28)/t17-/m0/s1. The van der Waals surface area contributed by atoms with Crippen LogP contribution in [0.5, 0.6) is 0 Å². The molecular formula is C20H21N3O5S2. The van der Waals surface area contributed by atoms with Crippen LogP contribution in [0.2, 0.25) is 0 Å². The topological polar surface area (TPSA) is 116 Å². The van der Waals surface area contributed by atoms with Crippen molar-refractivity contribution in [2.75, 3.05) is 12.4 Å². The van der Waals surface area contributed by atoms with Gasteiger partial charge in [0.15, 0.2) is 11.8 Å². The van der Waals surface area contributed by atoms with Crippen LogP contribution in [-0.4, -0.2) is 46.8 Å². The summed E-state index contributed by atoms with van der Waals surface area (Å²) >= 11 is 2.93. The molecule has 0 saturated heterocycles. The minimum atomic E-state index is -1.28. The van der Waals surface area contributed by atoms with Gasteiger partial charge in [-0.2, -0.15) is 11.3 Å². The first-order chi connectivity index (χ1) is 14.2. The number of hydrogen-bond acceptors (Lipinski definition) is 6. The second-order valence-corrected chi connectivity index (χ2v) is 8.76. The maximum absolute atomic E-state index is 12.7. The number of rotatable bonds is 6. The molecule has 1 atom stereocenters. The van der Waals surface area contributed by atoms with E-state index >= 15 is 0 Å². The fourth-order valence-electron chi connectivity index (χ4n) is 3.06. The van der Waals surface area contributed by atoms with Crippen molar-refractivity contribution in [3.8, 4) is 10.4 Å². The molecule has 8 nitrogen and oxygen atoms in total. The maximum Gasteiger partial charge on any atom is 0.320 e. The number of nitrogens with zero attached hydrogens (tertiary/aromatic N) is 1. The fraction of sp³-hybridized carbons (Fsp3) is 0.300. The number of carbonyl (C=O) groups excluding carboxylic acids is 3. The highest BCUT2D eigenvalue weighted by Crippen LogP contribution is 2.42. The first-order valence-corrected chi connectivity index (χ1v) is 10.9. The molecule has 0 aliphatic carbocycles. The molecule has 3 N–H and O–H groups in total. The number of likely N-dealkylation sites (N-methyl/N-ethyl adjacent to an activating group) is 1. The van der Waals surface area contributed by atoms with Crippen LogP contribution < -0.4 is 10.6 Å². The number of nitrogens with one attached hydrogen (secondary N) is 2. The Labute approximate surface area is 181 Å². The molecule has 0 bridgehead atoms. The van der Waals surface area contributed by atoms with Gasteiger partial charge in [-0.3, -0.25) is 14.4 Å². The third kappa shape index (κ3) is 4.44. The highest BCUT2D eigenvalue weighted by Gasteiger charge is 2.34. The van der Waals surface area contributed by atoms with Gasteiger partial charge in [-0.1, -0.05) is 0 Å². The molecule has 3 heterocycles. The summed E-state index contributed by atoms with van der Waals surface area (Å²) in [5.74, 6) is -1.88. The molecule has 3 rings (SSSR count). The van der Waals surface area contributed by atoms with Crippen LogP contribution in [0.4, 0.5) is 10.5 Å². The van der Waals surface area contributed by atoms with Crippen molar-refractivity contribution < 1.29 is 24.3 Å². The predicted octanol–water partition coefficient (Wildman–Crippen LogP) is 3.24. The van der Waals surface area contributed by atoms with Gasteiger partial charge in [-0.15, -0.1) is 11.3 Å². The van der Waals surface area contributed by atoms with E-state index in [1.54, 1.807) is 14.0 Å².